The van der Waals surface area contributed by atoms with E-state index in [9.17, 15) is 9.59 Å². The maximum absolute atomic E-state index is 12.5. The van der Waals surface area contributed by atoms with Gasteiger partial charge in [0.1, 0.15) is 0 Å². The van der Waals surface area contributed by atoms with Gasteiger partial charge in [0.25, 0.3) is 0 Å². The molecule has 2 fully saturated rings. The monoisotopic (exact) mass is 408 g/mol. The van der Waals surface area contributed by atoms with Gasteiger partial charge in [-0.2, -0.15) is 0 Å². The van der Waals surface area contributed by atoms with E-state index in [4.69, 9.17) is 9.47 Å². The van der Waals surface area contributed by atoms with Crippen molar-refractivity contribution < 1.29 is 19.1 Å². The third-order valence-electron chi connectivity index (χ3n) is 7.57. The first-order valence-corrected chi connectivity index (χ1v) is 12.3. The van der Waals surface area contributed by atoms with Crippen molar-refractivity contribution in [3.05, 3.63) is 0 Å². The van der Waals surface area contributed by atoms with Gasteiger partial charge in [-0.3, -0.25) is 9.59 Å². The predicted octanol–water partition coefficient (Wildman–Crippen LogP) is 6.17. The first-order chi connectivity index (χ1) is 14.0. The zero-order valence-corrected chi connectivity index (χ0v) is 19.3. The van der Waals surface area contributed by atoms with Gasteiger partial charge in [0.05, 0.1) is 25.0 Å². The van der Waals surface area contributed by atoms with Crippen LogP contribution in [0.1, 0.15) is 98.3 Å². The molecule has 6 atom stereocenters. The minimum Gasteiger partial charge on any atom is -0.465 e. The maximum atomic E-state index is 12.5. The third kappa shape index (κ3) is 7.61. The van der Waals surface area contributed by atoms with Gasteiger partial charge < -0.3 is 9.47 Å². The molecule has 168 valence electrons. The predicted molar refractivity (Wildman–Crippen MR) is 116 cm³/mol. The second-order valence-electron chi connectivity index (χ2n) is 9.78. The molecule has 0 aromatic rings. The van der Waals surface area contributed by atoms with Gasteiger partial charge in [-0.15, -0.1) is 0 Å². The van der Waals surface area contributed by atoms with Crippen LogP contribution in [0.25, 0.3) is 0 Å². The standard InChI is InChI=1S/C25H44O4/c1-5-20(16-28-24(26)22-13-9-7-11-18(22)3)15-21(6-2)17-29-25(27)23-14-10-8-12-19(23)4/h18-23H,5-17H2,1-4H3. The normalized spacial score (nSPS) is 29.7. The van der Waals surface area contributed by atoms with Gasteiger partial charge in [0, 0.05) is 0 Å². The zero-order chi connectivity index (χ0) is 21.2. The van der Waals surface area contributed by atoms with Crippen molar-refractivity contribution in [2.45, 2.75) is 98.3 Å². The summed E-state index contributed by atoms with van der Waals surface area (Å²) in [6.07, 6.45) is 11.9. The summed E-state index contributed by atoms with van der Waals surface area (Å²) in [6, 6.07) is 0. The van der Waals surface area contributed by atoms with E-state index in [1.54, 1.807) is 0 Å². The van der Waals surface area contributed by atoms with Crippen LogP contribution in [0.3, 0.4) is 0 Å². The fraction of sp³-hybridized carbons (Fsp3) is 0.920. The molecular weight excluding hydrogens is 364 g/mol. The average Bonchev–Trinajstić information content (AvgIpc) is 2.73. The van der Waals surface area contributed by atoms with Gasteiger partial charge in [0.2, 0.25) is 0 Å². The Morgan fingerprint density at radius 2 is 1.10 bits per heavy atom. The Kier molecular flexibility index (Phi) is 10.5. The Morgan fingerprint density at radius 1 is 0.724 bits per heavy atom. The quantitative estimate of drug-likeness (QED) is 0.406. The van der Waals surface area contributed by atoms with Crippen molar-refractivity contribution in [2.75, 3.05) is 13.2 Å². The van der Waals surface area contributed by atoms with E-state index in [1.807, 2.05) is 0 Å². The lowest BCUT2D eigenvalue weighted by molar-refractivity contribution is -0.153. The second-order valence-corrected chi connectivity index (χ2v) is 9.78. The molecule has 0 amide bonds. The molecule has 2 aliphatic carbocycles. The molecule has 0 spiro atoms. The minimum absolute atomic E-state index is 0.00131. The molecule has 2 rings (SSSR count). The van der Waals surface area contributed by atoms with Gasteiger partial charge >= 0.3 is 11.9 Å². The molecule has 4 nitrogen and oxygen atoms in total. The van der Waals surface area contributed by atoms with Crippen molar-refractivity contribution in [2.24, 2.45) is 35.5 Å². The van der Waals surface area contributed by atoms with E-state index in [-0.39, 0.29) is 23.8 Å². The Labute approximate surface area is 178 Å². The lowest BCUT2D eigenvalue weighted by Crippen LogP contribution is -2.30. The summed E-state index contributed by atoms with van der Waals surface area (Å²) in [5.41, 5.74) is 0. The highest BCUT2D eigenvalue weighted by atomic mass is 16.5. The van der Waals surface area contributed by atoms with Crippen molar-refractivity contribution in [3.8, 4) is 0 Å². The lowest BCUT2D eigenvalue weighted by Gasteiger charge is -2.29. The van der Waals surface area contributed by atoms with Crippen LogP contribution >= 0.6 is 0 Å². The molecule has 0 saturated heterocycles. The minimum atomic E-state index is 0.00131. The van der Waals surface area contributed by atoms with Crippen molar-refractivity contribution in [3.63, 3.8) is 0 Å². The first-order valence-electron chi connectivity index (χ1n) is 12.3. The second kappa shape index (κ2) is 12.6. The molecule has 6 unspecified atom stereocenters. The van der Waals surface area contributed by atoms with E-state index < -0.39 is 0 Å². The molecule has 0 aromatic heterocycles. The molecule has 4 heteroatoms. The van der Waals surface area contributed by atoms with Crippen LogP contribution in [0.2, 0.25) is 0 Å². The van der Waals surface area contributed by atoms with Gasteiger partial charge in [-0.05, 0) is 55.8 Å². The summed E-state index contributed by atoms with van der Waals surface area (Å²) in [4.78, 5) is 25.0. The van der Waals surface area contributed by atoms with Gasteiger partial charge in [-0.25, -0.2) is 0 Å². The molecule has 2 aliphatic rings. The average molecular weight is 409 g/mol. The Morgan fingerprint density at radius 3 is 1.45 bits per heavy atom. The largest absolute Gasteiger partial charge is 0.465 e. The Hall–Kier alpha value is -1.06. The van der Waals surface area contributed by atoms with Crippen LogP contribution in [0, 0.1) is 35.5 Å². The van der Waals surface area contributed by atoms with Crippen LogP contribution < -0.4 is 0 Å². The van der Waals surface area contributed by atoms with Crippen LogP contribution in [0.4, 0.5) is 0 Å². The highest BCUT2D eigenvalue weighted by Gasteiger charge is 2.31. The fourth-order valence-corrected chi connectivity index (χ4v) is 5.12. The fourth-order valence-electron chi connectivity index (χ4n) is 5.12. The Bertz CT molecular complexity index is 459. The van der Waals surface area contributed by atoms with Gasteiger partial charge in [-0.1, -0.05) is 66.2 Å². The van der Waals surface area contributed by atoms with Crippen molar-refractivity contribution in [1.29, 1.82) is 0 Å². The number of esters is 2. The summed E-state index contributed by atoms with van der Waals surface area (Å²) >= 11 is 0. The molecular formula is C25H44O4. The number of carbonyl (C=O) groups excluding carboxylic acids is 2. The number of hydrogen-bond acceptors (Lipinski definition) is 4. The summed E-state index contributed by atoms with van der Waals surface area (Å²) in [7, 11) is 0. The summed E-state index contributed by atoms with van der Waals surface area (Å²) in [6.45, 7) is 9.67. The maximum Gasteiger partial charge on any atom is 0.309 e. The number of rotatable bonds is 10. The van der Waals surface area contributed by atoms with Crippen LogP contribution in [-0.4, -0.2) is 25.2 Å². The van der Waals surface area contributed by atoms with Crippen molar-refractivity contribution >= 4 is 11.9 Å². The number of carbonyl (C=O) groups is 2. The Balaban J connectivity index is 1.75. The summed E-state index contributed by atoms with van der Waals surface area (Å²) in [5.74, 6) is 1.75. The molecule has 0 radical (unpaired) electrons. The summed E-state index contributed by atoms with van der Waals surface area (Å²) in [5, 5.41) is 0. The molecule has 0 aromatic carbocycles. The smallest absolute Gasteiger partial charge is 0.309 e. The van der Waals surface area contributed by atoms with E-state index in [0.29, 0.717) is 36.9 Å². The van der Waals surface area contributed by atoms with Crippen LogP contribution in [0.15, 0.2) is 0 Å². The highest BCUT2D eigenvalue weighted by Crippen LogP contribution is 2.32. The van der Waals surface area contributed by atoms with E-state index in [2.05, 4.69) is 27.7 Å². The van der Waals surface area contributed by atoms with E-state index in [0.717, 1.165) is 57.8 Å². The number of ether oxygens (including phenoxy) is 2. The molecule has 0 heterocycles. The zero-order valence-electron chi connectivity index (χ0n) is 19.3. The van der Waals surface area contributed by atoms with Gasteiger partial charge in [0.15, 0.2) is 0 Å². The SMILES string of the molecule is CCC(COC(=O)C1CCCCC1C)CC(CC)COC(=O)C1CCCCC1C. The molecule has 0 bridgehead atoms. The van der Waals surface area contributed by atoms with E-state index in [1.165, 1.54) is 12.8 Å². The summed E-state index contributed by atoms with van der Waals surface area (Å²) < 4.78 is 11.5. The number of hydrogen-bond donors (Lipinski definition) is 0. The first kappa shape index (κ1) is 24.2. The van der Waals surface area contributed by atoms with Crippen LogP contribution in [0.5, 0.6) is 0 Å². The molecule has 29 heavy (non-hydrogen) atoms. The molecule has 2 saturated carbocycles. The van der Waals surface area contributed by atoms with Crippen molar-refractivity contribution in [1.82, 2.24) is 0 Å². The highest BCUT2D eigenvalue weighted by molar-refractivity contribution is 5.73. The van der Waals surface area contributed by atoms with Crippen LogP contribution in [-0.2, 0) is 19.1 Å². The molecule has 0 N–H and O–H groups in total. The lowest BCUT2D eigenvalue weighted by atomic mass is 9.80. The topological polar surface area (TPSA) is 52.6 Å². The third-order valence-corrected chi connectivity index (χ3v) is 7.57. The molecule has 0 aliphatic heterocycles. The van der Waals surface area contributed by atoms with E-state index >= 15 is 0 Å².